The first-order valence-electron chi connectivity index (χ1n) is 16.3. The fraction of sp³-hybridized carbons (Fsp3) is 0.417. The van der Waals surface area contributed by atoms with Crippen molar-refractivity contribution in [2.75, 3.05) is 50.1 Å². The number of hydrogen-bond donors (Lipinski definition) is 1. The summed E-state index contributed by atoms with van der Waals surface area (Å²) in [5.41, 5.74) is 6.81. The van der Waals surface area contributed by atoms with Gasteiger partial charge in [-0.05, 0) is 66.8 Å². The van der Waals surface area contributed by atoms with Gasteiger partial charge in [0.1, 0.15) is 35.6 Å². The molecule has 0 amide bonds. The summed E-state index contributed by atoms with van der Waals surface area (Å²) >= 11 is 0. The molecule has 2 aromatic heterocycles. The maximum Gasteiger partial charge on any atom is 0.319 e. The van der Waals surface area contributed by atoms with Crippen molar-refractivity contribution in [2.24, 2.45) is 11.3 Å². The van der Waals surface area contributed by atoms with Crippen LogP contribution in [0.2, 0.25) is 0 Å². The molecule has 246 valence electrons. The summed E-state index contributed by atoms with van der Waals surface area (Å²) in [6.45, 7) is 2.53. The molecule has 5 aliphatic rings. The van der Waals surface area contributed by atoms with Crippen molar-refractivity contribution in [2.45, 2.75) is 43.4 Å². The number of fused-ring (bicyclic) bond motifs is 5. The van der Waals surface area contributed by atoms with Gasteiger partial charge in [-0.2, -0.15) is 9.97 Å². The Bertz CT molecular complexity index is 2100. The van der Waals surface area contributed by atoms with Crippen LogP contribution in [0.4, 0.5) is 29.1 Å². The van der Waals surface area contributed by atoms with Gasteiger partial charge in [-0.25, -0.2) is 17.6 Å². The van der Waals surface area contributed by atoms with Crippen LogP contribution in [0.3, 0.4) is 0 Å². The van der Waals surface area contributed by atoms with E-state index < -0.39 is 29.4 Å². The number of ether oxygens (including phenoxy) is 2. The maximum absolute atomic E-state index is 17.0. The number of nitrogens with zero attached hydrogens (tertiary/aromatic N) is 5. The Morgan fingerprint density at radius 3 is 2.81 bits per heavy atom. The molecule has 8 nitrogen and oxygen atoms in total. The number of anilines is 2. The summed E-state index contributed by atoms with van der Waals surface area (Å²) in [5.74, 6) is 0.906. The van der Waals surface area contributed by atoms with E-state index in [1.165, 1.54) is 24.4 Å². The Morgan fingerprint density at radius 1 is 1.17 bits per heavy atom. The van der Waals surface area contributed by atoms with Crippen LogP contribution >= 0.6 is 0 Å². The minimum atomic E-state index is -1.13. The van der Waals surface area contributed by atoms with Crippen molar-refractivity contribution < 1.29 is 27.0 Å². The van der Waals surface area contributed by atoms with Gasteiger partial charge in [0.25, 0.3) is 0 Å². The van der Waals surface area contributed by atoms with E-state index in [1.54, 1.807) is 11.0 Å². The van der Waals surface area contributed by atoms with Gasteiger partial charge in [-0.1, -0.05) is 12.0 Å². The highest BCUT2D eigenvalue weighted by Crippen LogP contribution is 2.66. The SMILES string of the molecule is C#Cc1c(F)ccc2cc(N)cc(-c3ncc4c(N5CCOC[C@@H]6C5[C@H]6F)nc(OC[C@]56C/C(=C/F)CN5CCC65CC5)nc4c3F)c12. The highest BCUT2D eigenvalue weighted by atomic mass is 19.1. The zero-order valence-electron chi connectivity index (χ0n) is 26.0. The van der Waals surface area contributed by atoms with Crippen LogP contribution in [-0.4, -0.2) is 77.1 Å². The molecule has 2 aliphatic carbocycles. The number of benzene rings is 2. The second kappa shape index (κ2) is 10.5. The Balaban J connectivity index is 1.20. The molecule has 4 aromatic rings. The van der Waals surface area contributed by atoms with Crippen LogP contribution in [-0.2, 0) is 4.74 Å². The van der Waals surface area contributed by atoms with Crippen LogP contribution in [0.25, 0.3) is 32.9 Å². The lowest BCUT2D eigenvalue weighted by Crippen LogP contribution is -2.49. The predicted molar refractivity (Wildman–Crippen MR) is 173 cm³/mol. The number of pyridine rings is 1. The Morgan fingerprint density at radius 2 is 2.02 bits per heavy atom. The van der Waals surface area contributed by atoms with Gasteiger partial charge < -0.3 is 20.1 Å². The lowest BCUT2D eigenvalue weighted by atomic mass is 9.80. The summed E-state index contributed by atoms with van der Waals surface area (Å²) in [6, 6.07) is 5.35. The van der Waals surface area contributed by atoms with Gasteiger partial charge in [0, 0.05) is 41.8 Å². The Kier molecular flexibility index (Phi) is 6.49. The standard InChI is InChI=1S/C36H32F4N6O2/c1-2-22-26(38)4-3-20-11-21(41)12-23(27(20)22)30-29(40)31-24(15-42-30)33(46-9-10-47-17-25-28(39)32(25)46)44-34(43-31)48-18-36-13-19(14-37)16-45(36)8-7-35(36)5-6-35/h1,3-4,11-12,14-15,25,28,32H,5-10,13,16-18,41H2/b19-14-/t25-,28-,32?,36-/m0/s1. The van der Waals surface area contributed by atoms with Crippen LogP contribution < -0.4 is 15.4 Å². The lowest BCUT2D eigenvalue weighted by Gasteiger charge is -2.36. The number of halogens is 4. The van der Waals surface area contributed by atoms with E-state index in [0.29, 0.717) is 54.7 Å². The van der Waals surface area contributed by atoms with Crippen molar-refractivity contribution in [3.63, 3.8) is 0 Å². The fourth-order valence-electron chi connectivity index (χ4n) is 8.73. The molecule has 0 bridgehead atoms. The molecule has 0 radical (unpaired) electrons. The first-order chi connectivity index (χ1) is 23.3. The van der Waals surface area contributed by atoms with Crippen molar-refractivity contribution in [1.29, 1.82) is 0 Å². The summed E-state index contributed by atoms with van der Waals surface area (Å²) in [7, 11) is 0. The van der Waals surface area contributed by atoms with E-state index in [0.717, 1.165) is 31.4 Å². The number of terminal acetylenes is 1. The van der Waals surface area contributed by atoms with Crippen LogP contribution in [0.15, 0.2) is 42.4 Å². The normalized spacial score (nSPS) is 28.1. The van der Waals surface area contributed by atoms with E-state index in [-0.39, 0.29) is 58.3 Å². The minimum Gasteiger partial charge on any atom is -0.461 e. The van der Waals surface area contributed by atoms with Gasteiger partial charge in [-0.3, -0.25) is 9.88 Å². The first-order valence-corrected chi connectivity index (χ1v) is 16.3. The molecule has 5 heterocycles. The summed E-state index contributed by atoms with van der Waals surface area (Å²) in [4.78, 5) is 17.9. The van der Waals surface area contributed by atoms with Gasteiger partial charge >= 0.3 is 6.01 Å². The zero-order valence-corrected chi connectivity index (χ0v) is 26.0. The molecule has 5 fully saturated rings. The molecule has 12 heteroatoms. The number of rotatable bonds is 5. The molecule has 48 heavy (non-hydrogen) atoms. The molecule has 2 saturated carbocycles. The van der Waals surface area contributed by atoms with E-state index in [9.17, 15) is 8.78 Å². The molecule has 4 atom stereocenters. The number of hydrogen-bond acceptors (Lipinski definition) is 8. The fourth-order valence-corrected chi connectivity index (χ4v) is 8.73. The maximum atomic E-state index is 17.0. The minimum absolute atomic E-state index is 0.0306. The molecular formula is C36H32F4N6O2. The molecular weight excluding hydrogens is 624 g/mol. The van der Waals surface area contributed by atoms with Crippen LogP contribution in [0, 0.1) is 35.3 Å². The third-order valence-electron chi connectivity index (χ3n) is 11.4. The van der Waals surface area contributed by atoms with E-state index in [2.05, 4.69) is 20.8 Å². The highest BCUT2D eigenvalue weighted by molar-refractivity contribution is 6.03. The van der Waals surface area contributed by atoms with Crippen molar-refractivity contribution in [3.05, 3.63) is 59.6 Å². The first kappa shape index (κ1) is 29.7. The monoisotopic (exact) mass is 656 g/mol. The second-order valence-electron chi connectivity index (χ2n) is 13.8. The van der Waals surface area contributed by atoms with E-state index >= 15 is 8.78 Å². The highest BCUT2D eigenvalue weighted by Gasteiger charge is 2.67. The van der Waals surface area contributed by atoms with Crippen molar-refractivity contribution in [3.8, 4) is 29.6 Å². The molecule has 2 N–H and O–H groups in total. The molecule has 2 aromatic carbocycles. The molecule has 1 unspecified atom stereocenters. The quantitative estimate of drug-likeness (QED) is 0.166. The predicted octanol–water partition coefficient (Wildman–Crippen LogP) is 5.72. The number of nitrogen functional groups attached to an aromatic ring is 1. The summed E-state index contributed by atoms with van der Waals surface area (Å²) in [5, 5.41) is 1.09. The average molecular weight is 657 g/mol. The number of alkyl halides is 1. The third-order valence-corrected chi connectivity index (χ3v) is 11.4. The Hall–Kier alpha value is -4.47. The Labute approximate surface area is 273 Å². The van der Waals surface area contributed by atoms with Gasteiger partial charge in [0.2, 0.25) is 0 Å². The smallest absolute Gasteiger partial charge is 0.319 e. The molecule has 3 aliphatic heterocycles. The second-order valence-corrected chi connectivity index (χ2v) is 13.8. The van der Waals surface area contributed by atoms with Gasteiger partial charge in [0.15, 0.2) is 5.82 Å². The lowest BCUT2D eigenvalue weighted by molar-refractivity contribution is 0.0649. The van der Waals surface area contributed by atoms with Crippen LogP contribution in [0.1, 0.15) is 31.2 Å². The third kappa shape index (κ3) is 4.19. The van der Waals surface area contributed by atoms with E-state index in [1.807, 2.05) is 0 Å². The topological polar surface area (TPSA) is 89.6 Å². The molecule has 1 spiro atoms. The average Bonchev–Trinajstić information content (AvgIpc) is 3.96. The van der Waals surface area contributed by atoms with E-state index in [4.69, 9.17) is 26.6 Å². The zero-order chi connectivity index (χ0) is 32.9. The summed E-state index contributed by atoms with van der Waals surface area (Å²) < 4.78 is 72.7. The molecule has 3 saturated heterocycles. The number of aromatic nitrogens is 3. The van der Waals surface area contributed by atoms with Crippen molar-refractivity contribution >= 4 is 33.2 Å². The molecule has 9 rings (SSSR count). The number of nitrogens with two attached hydrogens (primary N) is 1. The van der Waals surface area contributed by atoms with Gasteiger partial charge in [0.05, 0.1) is 42.1 Å². The van der Waals surface area contributed by atoms with Gasteiger partial charge in [-0.15, -0.1) is 6.42 Å². The van der Waals surface area contributed by atoms with Crippen LogP contribution in [0.5, 0.6) is 6.01 Å². The largest absolute Gasteiger partial charge is 0.461 e. The van der Waals surface area contributed by atoms with Crippen molar-refractivity contribution in [1.82, 2.24) is 19.9 Å². The summed E-state index contributed by atoms with van der Waals surface area (Å²) in [6.07, 6.45) is 10.3.